The number of hydrogen-bond donors (Lipinski definition) is 2. The summed E-state index contributed by atoms with van der Waals surface area (Å²) in [6.07, 6.45) is 3.87. The first-order valence-electron chi connectivity index (χ1n) is 13.1. The molecule has 2 saturated heterocycles. The number of carboxylic acid groups (broad SMARTS) is 1. The monoisotopic (exact) mass is 501 g/mol. The van der Waals surface area contributed by atoms with Crippen molar-refractivity contribution in [2.75, 3.05) is 44.3 Å². The molecule has 0 atom stereocenters. The highest BCUT2D eigenvalue weighted by Gasteiger charge is 2.25. The van der Waals surface area contributed by atoms with Crippen LogP contribution in [0.25, 0.3) is 11.3 Å². The van der Waals surface area contributed by atoms with Gasteiger partial charge >= 0.3 is 5.97 Å². The molecule has 2 aromatic carbocycles. The van der Waals surface area contributed by atoms with Gasteiger partial charge in [-0.2, -0.15) is 0 Å². The number of benzene rings is 2. The Morgan fingerprint density at radius 3 is 2.43 bits per heavy atom. The summed E-state index contributed by atoms with van der Waals surface area (Å²) in [5.74, 6) is -0.113. The van der Waals surface area contributed by atoms with Crippen molar-refractivity contribution < 1.29 is 14.6 Å². The van der Waals surface area contributed by atoms with Crippen LogP contribution in [0.1, 0.15) is 35.4 Å². The Labute approximate surface area is 218 Å². The Morgan fingerprint density at radius 2 is 1.73 bits per heavy atom. The maximum absolute atomic E-state index is 11.4. The second-order valence-corrected chi connectivity index (χ2v) is 9.89. The Balaban J connectivity index is 1.35. The Kier molecular flexibility index (Phi) is 8.08. The molecule has 8 nitrogen and oxygen atoms in total. The van der Waals surface area contributed by atoms with E-state index in [1.54, 1.807) is 0 Å². The quantitative estimate of drug-likeness (QED) is 0.484. The van der Waals surface area contributed by atoms with E-state index < -0.39 is 5.97 Å². The Morgan fingerprint density at radius 1 is 1.00 bits per heavy atom. The molecule has 0 amide bonds. The lowest BCUT2D eigenvalue weighted by Crippen LogP contribution is -2.38. The molecule has 0 unspecified atom stereocenters. The second-order valence-electron chi connectivity index (χ2n) is 9.89. The highest BCUT2D eigenvalue weighted by atomic mass is 16.5. The number of nitrogens with two attached hydrogens (primary N) is 1. The summed E-state index contributed by atoms with van der Waals surface area (Å²) >= 11 is 0. The number of aliphatic carboxylic acids is 1. The maximum atomic E-state index is 11.4. The van der Waals surface area contributed by atoms with Crippen LogP contribution in [0, 0.1) is 5.92 Å². The van der Waals surface area contributed by atoms with E-state index in [0.717, 1.165) is 68.6 Å². The van der Waals surface area contributed by atoms with Crippen LogP contribution in [0.3, 0.4) is 0 Å². The third-order valence-corrected chi connectivity index (χ3v) is 7.38. The summed E-state index contributed by atoms with van der Waals surface area (Å²) in [5.41, 5.74) is 12.5. The Hall–Kier alpha value is -3.33. The lowest BCUT2D eigenvalue weighted by molar-refractivity contribution is -0.143. The molecule has 0 bridgehead atoms. The van der Waals surface area contributed by atoms with Crippen molar-refractivity contribution in [1.82, 2.24) is 14.9 Å². The number of carboxylic acids is 1. The van der Waals surface area contributed by atoms with Crippen molar-refractivity contribution in [2.45, 2.75) is 32.4 Å². The minimum absolute atomic E-state index is 0.225. The first-order chi connectivity index (χ1) is 18.1. The van der Waals surface area contributed by atoms with Gasteiger partial charge in [-0.1, -0.05) is 36.4 Å². The molecule has 1 aromatic heterocycles. The summed E-state index contributed by atoms with van der Waals surface area (Å²) in [6.45, 7) is 6.16. The van der Waals surface area contributed by atoms with Crippen LogP contribution in [0.2, 0.25) is 0 Å². The molecule has 194 valence electrons. The molecule has 0 saturated carbocycles. The maximum Gasteiger partial charge on any atom is 0.306 e. The predicted octanol–water partition coefficient (Wildman–Crippen LogP) is 3.33. The number of ether oxygens (including phenoxy) is 1. The molecule has 3 heterocycles. The molecule has 2 aliphatic heterocycles. The number of morpholine rings is 1. The second kappa shape index (κ2) is 11.8. The van der Waals surface area contributed by atoms with Gasteiger partial charge < -0.3 is 20.5 Å². The average molecular weight is 502 g/mol. The van der Waals surface area contributed by atoms with E-state index in [-0.39, 0.29) is 5.92 Å². The number of piperidine rings is 1. The van der Waals surface area contributed by atoms with Crippen LogP contribution in [-0.2, 0) is 29.0 Å². The van der Waals surface area contributed by atoms with Gasteiger partial charge in [0.1, 0.15) is 5.82 Å². The van der Waals surface area contributed by atoms with Crippen LogP contribution < -0.4 is 10.6 Å². The lowest BCUT2D eigenvalue weighted by atomic mass is 9.96. The fourth-order valence-electron chi connectivity index (χ4n) is 5.21. The average Bonchev–Trinajstić information content (AvgIpc) is 2.94. The van der Waals surface area contributed by atoms with Crippen LogP contribution in [0.4, 0.5) is 5.69 Å². The number of nitrogens with zero attached hydrogens (tertiary/aromatic N) is 4. The SMILES string of the molecule is NCc1ccc(-c2ccnc(Cc3ccc(N4CCOCC4)c(CN4CCC(C(=O)O)CC4)c3)n2)cc1. The molecule has 0 aliphatic carbocycles. The van der Waals surface area contributed by atoms with Gasteiger partial charge in [0.25, 0.3) is 0 Å². The van der Waals surface area contributed by atoms with E-state index in [9.17, 15) is 9.90 Å². The van der Waals surface area contributed by atoms with Gasteiger partial charge in [-0.15, -0.1) is 0 Å². The Bertz CT molecular complexity index is 1200. The molecule has 2 aliphatic rings. The van der Waals surface area contributed by atoms with Gasteiger partial charge in [0.2, 0.25) is 0 Å². The minimum Gasteiger partial charge on any atom is -0.481 e. The summed E-state index contributed by atoms with van der Waals surface area (Å²) in [6, 6.07) is 16.8. The zero-order chi connectivity index (χ0) is 25.6. The molecular weight excluding hydrogens is 466 g/mol. The van der Waals surface area contributed by atoms with Gasteiger partial charge in [0.15, 0.2) is 0 Å². The van der Waals surface area contributed by atoms with E-state index in [2.05, 4.69) is 45.1 Å². The van der Waals surface area contributed by atoms with Gasteiger partial charge in [0, 0.05) is 50.0 Å². The topological polar surface area (TPSA) is 105 Å². The van der Waals surface area contributed by atoms with Crippen LogP contribution >= 0.6 is 0 Å². The largest absolute Gasteiger partial charge is 0.481 e. The van der Waals surface area contributed by atoms with Crippen molar-refractivity contribution in [2.24, 2.45) is 11.7 Å². The summed E-state index contributed by atoms with van der Waals surface area (Å²) in [4.78, 5) is 25.6. The summed E-state index contributed by atoms with van der Waals surface area (Å²) < 4.78 is 5.58. The minimum atomic E-state index is -0.673. The van der Waals surface area contributed by atoms with Gasteiger partial charge in [-0.25, -0.2) is 9.97 Å². The highest BCUT2D eigenvalue weighted by molar-refractivity contribution is 5.70. The van der Waals surface area contributed by atoms with Crippen LogP contribution in [0.15, 0.2) is 54.7 Å². The number of aromatic nitrogens is 2. The van der Waals surface area contributed by atoms with Crippen LogP contribution in [0.5, 0.6) is 0 Å². The number of hydrogen-bond acceptors (Lipinski definition) is 7. The van der Waals surface area contributed by atoms with E-state index >= 15 is 0 Å². The molecular formula is C29H35N5O3. The molecule has 0 radical (unpaired) electrons. The van der Waals surface area contributed by atoms with Gasteiger partial charge in [0.05, 0.1) is 24.8 Å². The van der Waals surface area contributed by atoms with Crippen molar-refractivity contribution in [3.8, 4) is 11.3 Å². The summed E-state index contributed by atoms with van der Waals surface area (Å²) in [5, 5.41) is 9.37. The number of anilines is 1. The standard InChI is InChI=1S/C29H35N5O3/c30-19-21-1-4-23(5-2-21)26-7-10-31-28(32-26)18-22-3-6-27(34-13-15-37-16-14-34)25(17-22)20-33-11-8-24(9-12-33)29(35)36/h1-7,10,17,24H,8-9,11-16,18-20,30H2,(H,35,36). The van der Waals surface area contributed by atoms with Crippen molar-refractivity contribution in [3.63, 3.8) is 0 Å². The van der Waals surface area contributed by atoms with Crippen LogP contribution in [-0.4, -0.2) is 65.3 Å². The highest BCUT2D eigenvalue weighted by Crippen LogP contribution is 2.28. The van der Waals surface area contributed by atoms with Crippen molar-refractivity contribution >= 4 is 11.7 Å². The molecule has 2 fully saturated rings. The smallest absolute Gasteiger partial charge is 0.306 e. The molecule has 3 N–H and O–H groups in total. The first kappa shape index (κ1) is 25.3. The molecule has 37 heavy (non-hydrogen) atoms. The number of carbonyl (C=O) groups is 1. The third kappa shape index (κ3) is 6.33. The molecule has 0 spiro atoms. The first-order valence-corrected chi connectivity index (χ1v) is 13.1. The van der Waals surface area contributed by atoms with Gasteiger partial charge in [-0.3, -0.25) is 9.69 Å². The van der Waals surface area contributed by atoms with Crippen molar-refractivity contribution in [1.29, 1.82) is 0 Å². The van der Waals surface area contributed by atoms with E-state index in [1.165, 1.54) is 16.8 Å². The zero-order valence-corrected chi connectivity index (χ0v) is 21.2. The zero-order valence-electron chi connectivity index (χ0n) is 21.2. The predicted molar refractivity (Wildman–Crippen MR) is 143 cm³/mol. The molecule has 5 rings (SSSR count). The third-order valence-electron chi connectivity index (χ3n) is 7.38. The van der Waals surface area contributed by atoms with Gasteiger partial charge in [-0.05, 0) is 54.8 Å². The normalized spacial score (nSPS) is 17.2. The summed E-state index contributed by atoms with van der Waals surface area (Å²) in [7, 11) is 0. The fraction of sp³-hybridized carbons (Fsp3) is 0.414. The number of likely N-dealkylation sites (tertiary alicyclic amines) is 1. The lowest BCUT2D eigenvalue weighted by Gasteiger charge is -2.34. The van der Waals surface area contributed by atoms with E-state index in [0.29, 0.717) is 25.8 Å². The number of rotatable bonds is 8. The molecule has 8 heteroatoms. The van der Waals surface area contributed by atoms with Crippen molar-refractivity contribution in [3.05, 3.63) is 77.2 Å². The van der Waals surface area contributed by atoms with E-state index in [1.807, 2.05) is 24.4 Å². The molecule has 3 aromatic rings. The fourth-order valence-corrected chi connectivity index (χ4v) is 5.21. The van der Waals surface area contributed by atoms with E-state index in [4.69, 9.17) is 15.5 Å².